The van der Waals surface area contributed by atoms with Crippen molar-refractivity contribution in [3.63, 3.8) is 0 Å². The number of hydrogen-bond donors (Lipinski definition) is 0. The Bertz CT molecular complexity index is 776. The molecule has 2 atom stereocenters. The molecule has 0 spiro atoms. The van der Waals surface area contributed by atoms with E-state index in [9.17, 15) is 4.79 Å². The lowest BCUT2D eigenvalue weighted by molar-refractivity contribution is -0.604. The summed E-state index contributed by atoms with van der Waals surface area (Å²) in [6, 6.07) is 7.62. The van der Waals surface area contributed by atoms with Crippen LogP contribution < -0.4 is 4.74 Å². The zero-order chi connectivity index (χ0) is 21.2. The summed E-state index contributed by atoms with van der Waals surface area (Å²) >= 11 is 0. The van der Waals surface area contributed by atoms with Gasteiger partial charge in [0.05, 0.1) is 7.11 Å². The van der Waals surface area contributed by atoms with Crippen LogP contribution in [0.15, 0.2) is 24.3 Å². The average Bonchev–Trinajstić information content (AvgIpc) is 2.65. The molecule has 2 saturated heterocycles. The summed E-state index contributed by atoms with van der Waals surface area (Å²) in [5.74, 6) is 0.694. The highest BCUT2D eigenvalue weighted by atomic mass is 17.3. The quantitative estimate of drug-likeness (QED) is 0.673. The van der Waals surface area contributed by atoms with Crippen LogP contribution in [-0.2, 0) is 20.2 Å². The fourth-order valence-electron chi connectivity index (χ4n) is 5.03. The number of carbonyl (C=O) groups is 1. The number of carbonyl (C=O) groups excluding carboxylic acids is 1. The maximum Gasteiger partial charge on any atom is 0.413 e. The lowest BCUT2D eigenvalue weighted by Crippen LogP contribution is -2.75. The second kappa shape index (κ2) is 6.10. The third-order valence-corrected chi connectivity index (χ3v) is 5.78. The van der Waals surface area contributed by atoms with Gasteiger partial charge in [0.25, 0.3) is 0 Å². The minimum atomic E-state index is -1.11. The Hall–Kier alpha value is -1.79. The van der Waals surface area contributed by atoms with Gasteiger partial charge in [0, 0.05) is 22.9 Å². The van der Waals surface area contributed by atoms with E-state index < -0.39 is 23.0 Å². The SMILES string of the molecule is COc1cccc(C23OOC2(C(C)(C)C)C(C)(C)CN3C(=O)OC(C)(C)C)c1. The first-order valence-corrected chi connectivity index (χ1v) is 9.74. The van der Waals surface area contributed by atoms with E-state index in [1.54, 1.807) is 12.0 Å². The minimum absolute atomic E-state index is 0.325. The number of amides is 1. The molecule has 0 radical (unpaired) electrons. The molecule has 0 N–H and O–H groups in total. The Morgan fingerprint density at radius 2 is 1.75 bits per heavy atom. The summed E-state index contributed by atoms with van der Waals surface area (Å²) in [7, 11) is 1.62. The predicted octanol–water partition coefficient (Wildman–Crippen LogP) is 4.87. The van der Waals surface area contributed by atoms with Gasteiger partial charge in [-0.1, -0.05) is 46.8 Å². The number of nitrogens with zero attached hydrogens (tertiary/aromatic N) is 1. The van der Waals surface area contributed by atoms with E-state index in [4.69, 9.17) is 19.2 Å². The molecule has 1 aromatic rings. The normalized spacial score (nSPS) is 29.1. The minimum Gasteiger partial charge on any atom is -0.497 e. The van der Waals surface area contributed by atoms with Crippen LogP contribution in [0.25, 0.3) is 0 Å². The molecule has 1 amide bonds. The Kier molecular flexibility index (Phi) is 4.56. The predicted molar refractivity (Wildman–Crippen MR) is 106 cm³/mol. The summed E-state index contributed by atoms with van der Waals surface area (Å²) in [5.41, 5.74) is -2.39. The molecule has 28 heavy (non-hydrogen) atoms. The average molecular weight is 392 g/mol. The number of benzene rings is 1. The van der Waals surface area contributed by atoms with Crippen molar-refractivity contribution in [2.45, 2.75) is 72.3 Å². The summed E-state index contributed by atoms with van der Waals surface area (Å²) in [4.78, 5) is 26.8. The summed E-state index contributed by atoms with van der Waals surface area (Å²) in [5, 5.41) is 0. The molecule has 0 aromatic heterocycles. The number of likely N-dealkylation sites (tertiary alicyclic amines) is 1. The molecule has 0 saturated carbocycles. The fourth-order valence-corrected chi connectivity index (χ4v) is 5.03. The first kappa shape index (κ1) is 20.9. The van der Waals surface area contributed by atoms with Gasteiger partial charge in [0.15, 0.2) is 5.60 Å². The summed E-state index contributed by atoms with van der Waals surface area (Å²) < 4.78 is 11.2. The Morgan fingerprint density at radius 1 is 1.11 bits per heavy atom. The van der Waals surface area contributed by atoms with Crippen molar-refractivity contribution in [1.82, 2.24) is 4.90 Å². The third-order valence-electron chi connectivity index (χ3n) is 5.78. The van der Waals surface area contributed by atoms with Crippen LogP contribution in [0.3, 0.4) is 0 Å². The van der Waals surface area contributed by atoms with E-state index in [2.05, 4.69) is 34.6 Å². The van der Waals surface area contributed by atoms with Crippen molar-refractivity contribution < 1.29 is 24.0 Å². The van der Waals surface area contributed by atoms with Crippen molar-refractivity contribution in [2.24, 2.45) is 10.8 Å². The number of ether oxygens (including phenoxy) is 2. The van der Waals surface area contributed by atoms with E-state index in [0.29, 0.717) is 12.3 Å². The zero-order valence-corrected chi connectivity index (χ0v) is 18.5. The molecule has 2 fully saturated rings. The molecule has 2 aliphatic rings. The van der Waals surface area contributed by atoms with Crippen molar-refractivity contribution in [1.29, 1.82) is 0 Å². The fraction of sp³-hybridized carbons (Fsp3) is 0.682. The first-order valence-electron chi connectivity index (χ1n) is 9.74. The molecule has 6 nitrogen and oxygen atoms in total. The van der Waals surface area contributed by atoms with Crippen LogP contribution >= 0.6 is 0 Å². The highest BCUT2D eigenvalue weighted by molar-refractivity contribution is 5.71. The van der Waals surface area contributed by atoms with Gasteiger partial charge in [-0.3, -0.25) is 4.90 Å². The van der Waals surface area contributed by atoms with Crippen molar-refractivity contribution in [3.05, 3.63) is 29.8 Å². The Morgan fingerprint density at radius 3 is 2.21 bits per heavy atom. The number of methoxy groups -OCH3 is 1. The summed E-state index contributed by atoms with van der Waals surface area (Å²) in [6.07, 6.45) is -0.419. The zero-order valence-electron chi connectivity index (χ0n) is 18.5. The van der Waals surface area contributed by atoms with E-state index in [1.165, 1.54) is 0 Å². The van der Waals surface area contributed by atoms with Crippen molar-refractivity contribution in [2.75, 3.05) is 13.7 Å². The van der Waals surface area contributed by atoms with E-state index in [-0.39, 0.29) is 10.8 Å². The molecular weight excluding hydrogens is 358 g/mol. The van der Waals surface area contributed by atoms with Gasteiger partial charge >= 0.3 is 6.09 Å². The van der Waals surface area contributed by atoms with E-state index in [0.717, 1.165) is 5.56 Å². The standard InChI is InChI=1S/C22H33NO5/c1-18(2,3)22-20(7,8)14-23(17(24)26-19(4,5)6)21(22,27-28-22)15-11-10-12-16(13-15)25-9/h10-13H,14H2,1-9H3. The first-order chi connectivity index (χ1) is 12.7. The second-order valence-corrected chi connectivity index (χ2v) is 10.4. The second-order valence-electron chi connectivity index (χ2n) is 10.4. The number of rotatable bonds is 2. The number of hydrogen-bond acceptors (Lipinski definition) is 5. The maximum absolute atomic E-state index is 13.3. The molecule has 1 aromatic carbocycles. The van der Waals surface area contributed by atoms with Gasteiger partial charge in [0.1, 0.15) is 11.4 Å². The van der Waals surface area contributed by atoms with Gasteiger partial charge in [-0.05, 0) is 32.9 Å². The highest BCUT2D eigenvalue weighted by Gasteiger charge is 2.84. The molecule has 2 aliphatic heterocycles. The van der Waals surface area contributed by atoms with Crippen LogP contribution in [0.4, 0.5) is 4.79 Å². The molecule has 2 unspecified atom stereocenters. The molecule has 0 aliphatic carbocycles. The van der Waals surface area contributed by atoms with Gasteiger partial charge in [-0.2, -0.15) is 4.89 Å². The lowest BCUT2D eigenvalue weighted by Gasteiger charge is -2.63. The number of fused-ring (bicyclic) bond motifs is 1. The molecule has 156 valence electrons. The Labute approximate surface area is 168 Å². The van der Waals surface area contributed by atoms with Gasteiger partial charge in [-0.15, -0.1) is 0 Å². The molecular formula is C22H33NO5. The lowest BCUT2D eigenvalue weighted by atomic mass is 9.57. The molecule has 0 bridgehead atoms. The molecule has 6 heteroatoms. The van der Waals surface area contributed by atoms with Gasteiger partial charge in [-0.25, -0.2) is 9.68 Å². The van der Waals surface area contributed by atoms with Crippen LogP contribution in [0.2, 0.25) is 0 Å². The molecule has 2 heterocycles. The van der Waals surface area contributed by atoms with Gasteiger partial charge in [0.2, 0.25) is 5.72 Å². The van der Waals surface area contributed by atoms with Gasteiger partial charge < -0.3 is 9.47 Å². The largest absolute Gasteiger partial charge is 0.497 e. The Balaban J connectivity index is 2.23. The molecule has 3 rings (SSSR count). The van der Waals surface area contributed by atoms with Crippen molar-refractivity contribution >= 4 is 6.09 Å². The van der Waals surface area contributed by atoms with Crippen LogP contribution in [0.1, 0.15) is 61.0 Å². The van der Waals surface area contributed by atoms with E-state index >= 15 is 0 Å². The monoisotopic (exact) mass is 391 g/mol. The maximum atomic E-state index is 13.3. The topological polar surface area (TPSA) is 57.2 Å². The van der Waals surface area contributed by atoms with Crippen LogP contribution in [0, 0.1) is 10.8 Å². The smallest absolute Gasteiger partial charge is 0.413 e. The van der Waals surface area contributed by atoms with Crippen LogP contribution in [0.5, 0.6) is 5.75 Å². The highest BCUT2D eigenvalue weighted by Crippen LogP contribution is 2.70. The van der Waals surface area contributed by atoms with Crippen LogP contribution in [-0.4, -0.2) is 35.8 Å². The third kappa shape index (κ3) is 2.65. The summed E-state index contributed by atoms with van der Waals surface area (Å²) in [6.45, 7) is 16.6. The van der Waals surface area contributed by atoms with E-state index in [1.807, 2.05) is 45.0 Å². The van der Waals surface area contributed by atoms with Crippen molar-refractivity contribution in [3.8, 4) is 5.75 Å².